The minimum atomic E-state index is -0.894. The number of rotatable bonds is 3. The predicted octanol–water partition coefficient (Wildman–Crippen LogP) is 1.29. The molecule has 5 heteroatoms. The number of likely N-dealkylation sites (tertiary alicyclic amines) is 1. The van der Waals surface area contributed by atoms with Crippen LogP contribution in [-0.4, -0.2) is 41.1 Å². The van der Waals surface area contributed by atoms with Crippen molar-refractivity contribution < 1.29 is 14.7 Å². The lowest BCUT2D eigenvalue weighted by Gasteiger charge is -2.22. The lowest BCUT2D eigenvalue weighted by atomic mass is 9.93. The zero-order valence-electron chi connectivity index (χ0n) is 10.1. The Kier molecular flexibility index (Phi) is 3.78. The Hall–Kier alpha value is -1.26. The number of nitrogens with zero attached hydrogens (tertiary/aromatic N) is 1. The molecule has 2 amide bonds. The van der Waals surface area contributed by atoms with Crippen LogP contribution in [0.3, 0.4) is 0 Å². The standard InChI is InChI=1S/C11H20N2O3/c1-8(6-9(14)15)12-10(16)13-5-4-11(2,3)7-13/h8H,4-7H2,1-3H3,(H,12,16)(H,14,15). The van der Waals surface area contributed by atoms with Crippen molar-refractivity contribution in [3.63, 3.8) is 0 Å². The summed E-state index contributed by atoms with van der Waals surface area (Å²) in [4.78, 5) is 23.9. The van der Waals surface area contributed by atoms with E-state index in [1.165, 1.54) is 0 Å². The zero-order valence-corrected chi connectivity index (χ0v) is 10.1. The average Bonchev–Trinajstić information content (AvgIpc) is 2.44. The number of amides is 2. The minimum Gasteiger partial charge on any atom is -0.481 e. The molecule has 5 nitrogen and oxygen atoms in total. The summed E-state index contributed by atoms with van der Waals surface area (Å²) in [5.41, 5.74) is 0.174. The quantitative estimate of drug-likeness (QED) is 0.764. The molecule has 1 heterocycles. The molecule has 0 aliphatic carbocycles. The number of carboxylic acid groups (broad SMARTS) is 1. The Morgan fingerprint density at radius 1 is 1.50 bits per heavy atom. The van der Waals surface area contributed by atoms with E-state index in [2.05, 4.69) is 19.2 Å². The molecule has 1 rings (SSSR count). The van der Waals surface area contributed by atoms with Gasteiger partial charge >= 0.3 is 12.0 Å². The second kappa shape index (κ2) is 4.72. The van der Waals surface area contributed by atoms with Gasteiger partial charge in [0, 0.05) is 19.1 Å². The highest BCUT2D eigenvalue weighted by atomic mass is 16.4. The van der Waals surface area contributed by atoms with Gasteiger partial charge in [-0.25, -0.2) is 4.79 Å². The molecular weight excluding hydrogens is 208 g/mol. The first-order chi connectivity index (χ1) is 7.30. The molecule has 1 atom stereocenters. The molecule has 0 aromatic rings. The largest absolute Gasteiger partial charge is 0.481 e. The van der Waals surface area contributed by atoms with Crippen molar-refractivity contribution >= 4 is 12.0 Å². The maximum Gasteiger partial charge on any atom is 0.317 e. The van der Waals surface area contributed by atoms with E-state index in [-0.39, 0.29) is 23.9 Å². The number of hydrogen-bond donors (Lipinski definition) is 2. The molecule has 16 heavy (non-hydrogen) atoms. The first-order valence-corrected chi connectivity index (χ1v) is 5.57. The maximum atomic E-state index is 11.7. The summed E-state index contributed by atoms with van der Waals surface area (Å²) in [6, 6.07) is -0.479. The Balaban J connectivity index is 2.39. The molecule has 1 saturated heterocycles. The average molecular weight is 228 g/mol. The lowest BCUT2D eigenvalue weighted by molar-refractivity contribution is -0.137. The van der Waals surface area contributed by atoms with Crippen LogP contribution in [0.1, 0.15) is 33.6 Å². The van der Waals surface area contributed by atoms with E-state index in [9.17, 15) is 9.59 Å². The summed E-state index contributed by atoms with van der Waals surface area (Å²) < 4.78 is 0. The second-order valence-corrected chi connectivity index (χ2v) is 5.28. The van der Waals surface area contributed by atoms with E-state index in [1.54, 1.807) is 11.8 Å². The maximum absolute atomic E-state index is 11.7. The van der Waals surface area contributed by atoms with Gasteiger partial charge in [0.1, 0.15) is 0 Å². The molecule has 0 radical (unpaired) electrons. The first kappa shape index (κ1) is 12.8. The molecule has 1 unspecified atom stereocenters. The van der Waals surface area contributed by atoms with Gasteiger partial charge < -0.3 is 15.3 Å². The highest BCUT2D eigenvalue weighted by molar-refractivity contribution is 5.76. The molecule has 2 N–H and O–H groups in total. The highest BCUT2D eigenvalue weighted by Crippen LogP contribution is 2.28. The fraction of sp³-hybridized carbons (Fsp3) is 0.818. The van der Waals surface area contributed by atoms with Crippen LogP contribution < -0.4 is 5.32 Å². The van der Waals surface area contributed by atoms with Crippen LogP contribution in [-0.2, 0) is 4.79 Å². The number of carbonyl (C=O) groups excluding carboxylic acids is 1. The van der Waals surface area contributed by atoms with Gasteiger partial charge in [0.05, 0.1) is 6.42 Å². The third-order valence-corrected chi connectivity index (χ3v) is 2.82. The van der Waals surface area contributed by atoms with E-state index in [4.69, 9.17) is 5.11 Å². The van der Waals surface area contributed by atoms with Crippen LogP contribution in [0.25, 0.3) is 0 Å². The normalized spacial score (nSPS) is 20.6. The fourth-order valence-electron chi connectivity index (χ4n) is 1.90. The van der Waals surface area contributed by atoms with Crippen LogP contribution >= 0.6 is 0 Å². The van der Waals surface area contributed by atoms with Crippen molar-refractivity contribution in [1.29, 1.82) is 0 Å². The number of urea groups is 1. The van der Waals surface area contributed by atoms with E-state index in [0.29, 0.717) is 0 Å². The van der Waals surface area contributed by atoms with Crippen molar-refractivity contribution in [2.24, 2.45) is 5.41 Å². The van der Waals surface area contributed by atoms with E-state index in [1.807, 2.05) is 0 Å². The molecule has 1 aliphatic rings. The van der Waals surface area contributed by atoms with Crippen molar-refractivity contribution in [3.8, 4) is 0 Å². The SMILES string of the molecule is CC(CC(=O)O)NC(=O)N1CCC(C)(C)C1. The van der Waals surface area contributed by atoms with Gasteiger partial charge in [-0.3, -0.25) is 4.79 Å². The fourth-order valence-corrected chi connectivity index (χ4v) is 1.90. The summed E-state index contributed by atoms with van der Waals surface area (Å²) in [6.07, 6.45) is 0.955. The topological polar surface area (TPSA) is 69.6 Å². The number of carboxylic acids is 1. The van der Waals surface area contributed by atoms with E-state index >= 15 is 0 Å². The Morgan fingerprint density at radius 2 is 2.12 bits per heavy atom. The molecule has 0 bridgehead atoms. The second-order valence-electron chi connectivity index (χ2n) is 5.28. The van der Waals surface area contributed by atoms with Crippen LogP contribution in [0, 0.1) is 5.41 Å². The number of carbonyl (C=O) groups is 2. The molecule has 0 aromatic carbocycles. The van der Waals surface area contributed by atoms with Crippen molar-refractivity contribution in [2.45, 2.75) is 39.7 Å². The molecule has 0 spiro atoms. The Bertz CT molecular complexity index is 289. The predicted molar refractivity (Wildman–Crippen MR) is 60.2 cm³/mol. The lowest BCUT2D eigenvalue weighted by Crippen LogP contribution is -2.43. The van der Waals surface area contributed by atoms with Gasteiger partial charge in [-0.05, 0) is 18.8 Å². The Morgan fingerprint density at radius 3 is 2.56 bits per heavy atom. The van der Waals surface area contributed by atoms with Crippen LogP contribution in [0.2, 0.25) is 0 Å². The third kappa shape index (κ3) is 3.72. The molecule has 0 saturated carbocycles. The van der Waals surface area contributed by atoms with Gasteiger partial charge in [0.2, 0.25) is 0 Å². The van der Waals surface area contributed by atoms with E-state index in [0.717, 1.165) is 19.5 Å². The number of nitrogens with one attached hydrogen (secondary N) is 1. The number of aliphatic carboxylic acids is 1. The van der Waals surface area contributed by atoms with Crippen LogP contribution in [0.15, 0.2) is 0 Å². The summed E-state index contributed by atoms with van der Waals surface area (Å²) in [7, 11) is 0. The van der Waals surface area contributed by atoms with Gasteiger partial charge in [-0.2, -0.15) is 0 Å². The minimum absolute atomic E-state index is 0.0387. The summed E-state index contributed by atoms with van der Waals surface area (Å²) in [6.45, 7) is 7.44. The summed E-state index contributed by atoms with van der Waals surface area (Å²) in [5.74, 6) is -0.894. The molecular formula is C11H20N2O3. The third-order valence-electron chi connectivity index (χ3n) is 2.82. The monoisotopic (exact) mass is 228 g/mol. The number of hydrogen-bond acceptors (Lipinski definition) is 2. The van der Waals surface area contributed by atoms with Gasteiger partial charge in [-0.15, -0.1) is 0 Å². The van der Waals surface area contributed by atoms with Crippen LogP contribution in [0.5, 0.6) is 0 Å². The van der Waals surface area contributed by atoms with E-state index < -0.39 is 5.97 Å². The molecule has 92 valence electrons. The smallest absolute Gasteiger partial charge is 0.317 e. The Labute approximate surface area is 95.8 Å². The van der Waals surface area contributed by atoms with Crippen molar-refractivity contribution in [1.82, 2.24) is 10.2 Å². The highest BCUT2D eigenvalue weighted by Gasteiger charge is 2.32. The molecule has 0 aromatic heterocycles. The zero-order chi connectivity index (χ0) is 12.3. The van der Waals surface area contributed by atoms with Crippen molar-refractivity contribution in [2.75, 3.05) is 13.1 Å². The van der Waals surface area contributed by atoms with Gasteiger partial charge in [0.15, 0.2) is 0 Å². The van der Waals surface area contributed by atoms with Gasteiger partial charge in [0.25, 0.3) is 0 Å². The van der Waals surface area contributed by atoms with Crippen molar-refractivity contribution in [3.05, 3.63) is 0 Å². The molecule has 1 fully saturated rings. The summed E-state index contributed by atoms with van der Waals surface area (Å²) in [5, 5.41) is 11.3. The summed E-state index contributed by atoms with van der Waals surface area (Å²) >= 11 is 0. The molecule has 1 aliphatic heterocycles. The van der Waals surface area contributed by atoms with Gasteiger partial charge in [-0.1, -0.05) is 13.8 Å². The van der Waals surface area contributed by atoms with Crippen LogP contribution in [0.4, 0.5) is 4.79 Å². The first-order valence-electron chi connectivity index (χ1n) is 5.57.